The Morgan fingerprint density at radius 2 is 1.22 bits per heavy atom. The quantitative estimate of drug-likeness (QED) is 0.0740. The minimum absolute atomic E-state index is 0.178. The summed E-state index contributed by atoms with van der Waals surface area (Å²) in [6.07, 6.45) is 3.07. The molecule has 0 spiro atoms. The Balaban J connectivity index is 0.000000203. The Bertz CT molecular complexity index is 2330. The molecule has 2 aromatic carbocycles. The lowest BCUT2D eigenvalue weighted by Crippen LogP contribution is -2.39. The van der Waals surface area contributed by atoms with Crippen molar-refractivity contribution < 1.29 is 14.3 Å². The summed E-state index contributed by atoms with van der Waals surface area (Å²) in [5, 5.41) is 17.3. The summed E-state index contributed by atoms with van der Waals surface area (Å²) in [6, 6.07) is 14.8. The number of hydrogen-bond acceptors (Lipinski definition) is 15. The summed E-state index contributed by atoms with van der Waals surface area (Å²) < 4.78 is 5.39. The molecule has 1 saturated heterocycles. The molecule has 19 heteroatoms. The molecule has 5 N–H and O–H groups in total. The van der Waals surface area contributed by atoms with E-state index in [0.717, 1.165) is 67.6 Å². The number of benzene rings is 2. The fourth-order valence-electron chi connectivity index (χ4n) is 5.73. The third kappa shape index (κ3) is 11.9. The molecule has 0 radical (unpaired) electrons. The van der Waals surface area contributed by atoms with Crippen molar-refractivity contribution in [3.05, 3.63) is 109 Å². The summed E-state index contributed by atoms with van der Waals surface area (Å²) in [5.74, 6) is 2.63. The van der Waals surface area contributed by atoms with E-state index in [-0.39, 0.29) is 11.8 Å². The molecule has 0 saturated carbocycles. The van der Waals surface area contributed by atoms with Gasteiger partial charge in [-0.3, -0.25) is 14.5 Å². The van der Waals surface area contributed by atoms with Crippen LogP contribution in [0, 0.1) is 34.6 Å². The van der Waals surface area contributed by atoms with Crippen LogP contribution in [0.4, 0.5) is 39.1 Å². The molecule has 302 valence electrons. The summed E-state index contributed by atoms with van der Waals surface area (Å²) in [7, 11) is 0. The molecule has 6 aromatic rings. The SMILES string of the molecule is Cc1nc(Cl)cc(Nc2ncc(C(=O)Nc3c(C)cccc3Cl)s2)n1.Cc1nc(NCCN2CCOCC2)cc(Nc2ncc(C(=O)Nc3c(C)cccc3C)s2)n1. The van der Waals surface area contributed by atoms with Crippen molar-refractivity contribution in [2.75, 3.05) is 66.0 Å². The molecule has 1 fully saturated rings. The maximum Gasteiger partial charge on any atom is 0.267 e. The minimum atomic E-state index is -0.279. The van der Waals surface area contributed by atoms with Gasteiger partial charge in [-0.25, -0.2) is 29.9 Å². The number of ether oxygens (including phenoxy) is 1. The van der Waals surface area contributed by atoms with Gasteiger partial charge in [0.1, 0.15) is 44.0 Å². The Kier molecular flexibility index (Phi) is 14.5. The van der Waals surface area contributed by atoms with Crippen LogP contribution in [0.1, 0.15) is 47.7 Å². The largest absolute Gasteiger partial charge is 0.379 e. The molecule has 15 nitrogen and oxygen atoms in total. The highest BCUT2D eigenvalue weighted by Crippen LogP contribution is 2.29. The average Bonchev–Trinajstić information content (AvgIpc) is 3.85. The first-order valence-electron chi connectivity index (χ1n) is 18.2. The van der Waals surface area contributed by atoms with Crippen molar-refractivity contribution in [2.45, 2.75) is 34.6 Å². The van der Waals surface area contributed by atoms with E-state index >= 15 is 0 Å². The maximum atomic E-state index is 12.7. The monoisotopic (exact) mass is 860 g/mol. The van der Waals surface area contributed by atoms with Crippen LogP contribution >= 0.6 is 45.9 Å². The number of nitrogens with one attached hydrogen (secondary N) is 5. The number of para-hydroxylation sites is 2. The molecule has 58 heavy (non-hydrogen) atoms. The number of hydrogen-bond donors (Lipinski definition) is 5. The van der Waals surface area contributed by atoms with Crippen molar-refractivity contribution in [3.8, 4) is 0 Å². The van der Waals surface area contributed by atoms with Crippen molar-refractivity contribution in [1.82, 2.24) is 34.8 Å². The lowest BCUT2D eigenvalue weighted by molar-refractivity contribution is 0.0398. The molecule has 1 aliphatic rings. The minimum Gasteiger partial charge on any atom is -0.379 e. The second-order valence-corrected chi connectivity index (χ2v) is 16.0. The summed E-state index contributed by atoms with van der Waals surface area (Å²) >= 11 is 14.5. The maximum absolute atomic E-state index is 12.7. The molecule has 0 bridgehead atoms. The summed E-state index contributed by atoms with van der Waals surface area (Å²) in [6.45, 7) is 14.6. The smallest absolute Gasteiger partial charge is 0.267 e. The third-order valence-electron chi connectivity index (χ3n) is 8.59. The number of rotatable bonds is 12. The van der Waals surface area contributed by atoms with Crippen molar-refractivity contribution in [3.63, 3.8) is 0 Å². The highest BCUT2D eigenvalue weighted by atomic mass is 35.5. The van der Waals surface area contributed by atoms with Crippen molar-refractivity contribution in [2.24, 2.45) is 0 Å². The van der Waals surface area contributed by atoms with E-state index < -0.39 is 0 Å². The van der Waals surface area contributed by atoms with Crippen LogP contribution in [0.25, 0.3) is 0 Å². The van der Waals surface area contributed by atoms with Gasteiger partial charge in [0.05, 0.1) is 36.3 Å². The molecule has 4 aromatic heterocycles. The molecule has 7 rings (SSSR count). The number of amides is 2. The van der Waals surface area contributed by atoms with Crippen molar-refractivity contribution in [1.29, 1.82) is 0 Å². The zero-order chi connectivity index (χ0) is 41.2. The molecule has 1 aliphatic heterocycles. The lowest BCUT2D eigenvalue weighted by Gasteiger charge is -2.26. The van der Waals surface area contributed by atoms with Gasteiger partial charge in [0.2, 0.25) is 0 Å². The number of aryl methyl sites for hydroxylation is 5. The first-order chi connectivity index (χ1) is 27.9. The number of carbonyl (C=O) groups is 2. The number of aromatic nitrogens is 6. The van der Waals surface area contributed by atoms with E-state index in [2.05, 4.69) is 61.4 Å². The fraction of sp³-hybridized carbons (Fsp3) is 0.282. The molecular formula is C39H42Cl2N12O3S2. The van der Waals surface area contributed by atoms with Crippen molar-refractivity contribution >= 4 is 96.8 Å². The molecule has 2 amide bonds. The van der Waals surface area contributed by atoms with E-state index in [4.69, 9.17) is 27.9 Å². The zero-order valence-corrected chi connectivity index (χ0v) is 35.6. The standard InChI is InChI=1S/C23H29N7O2S.C16H13Cl2N5OS/c1-15-5-4-6-16(2)21(15)29-22(31)18-14-25-23(33-18)28-20-13-19(26-17(3)27-20)24-7-8-30-9-11-32-12-10-30;1-8-4-3-5-10(17)14(8)23-15(24)11-7-19-16(25-11)22-13-6-12(18)20-9(2)21-13/h4-6,13-14H,7-12H2,1-3H3,(H,29,31)(H2,24,25,26,27,28);3-7H,1-2H3,(H,23,24)(H,19,20,21,22). The van der Waals surface area contributed by atoms with Gasteiger partial charge in [0, 0.05) is 44.0 Å². The number of morpholine rings is 1. The van der Waals surface area contributed by atoms with Gasteiger partial charge in [-0.05, 0) is 57.4 Å². The van der Waals surface area contributed by atoms with Crippen LogP contribution in [0.5, 0.6) is 0 Å². The van der Waals surface area contributed by atoms with Gasteiger partial charge in [-0.1, -0.05) is 76.2 Å². The number of anilines is 7. The number of nitrogens with zero attached hydrogens (tertiary/aromatic N) is 7. The van der Waals surface area contributed by atoms with Crippen LogP contribution in [0.3, 0.4) is 0 Å². The van der Waals surface area contributed by atoms with Crippen LogP contribution < -0.4 is 26.6 Å². The molecule has 0 aliphatic carbocycles. The highest BCUT2D eigenvalue weighted by molar-refractivity contribution is 7.18. The summed E-state index contributed by atoms with van der Waals surface area (Å²) in [5.41, 5.74) is 4.36. The predicted molar refractivity (Wildman–Crippen MR) is 233 cm³/mol. The van der Waals surface area contributed by atoms with Crippen LogP contribution in [0.15, 0.2) is 60.9 Å². The topological polar surface area (TPSA) is 184 Å². The Morgan fingerprint density at radius 3 is 1.81 bits per heavy atom. The van der Waals surface area contributed by atoms with E-state index in [1.807, 2.05) is 64.1 Å². The van der Waals surface area contributed by atoms with Gasteiger partial charge in [-0.15, -0.1) is 0 Å². The molecule has 5 heterocycles. The highest BCUT2D eigenvalue weighted by Gasteiger charge is 2.16. The number of halogens is 2. The summed E-state index contributed by atoms with van der Waals surface area (Å²) in [4.78, 5) is 54.1. The zero-order valence-electron chi connectivity index (χ0n) is 32.4. The van der Waals surface area contributed by atoms with Crippen LogP contribution in [0.2, 0.25) is 10.2 Å². The van der Waals surface area contributed by atoms with Gasteiger partial charge in [-0.2, -0.15) is 0 Å². The van der Waals surface area contributed by atoms with Gasteiger partial charge >= 0.3 is 0 Å². The Labute approximate surface area is 354 Å². The van der Waals surface area contributed by atoms with Gasteiger partial charge in [0.25, 0.3) is 11.8 Å². The second-order valence-electron chi connectivity index (χ2n) is 13.1. The molecule has 0 unspecified atom stereocenters. The first kappa shape index (κ1) is 42.3. The van der Waals surface area contributed by atoms with Gasteiger partial charge < -0.3 is 31.3 Å². The molecular weight excluding hydrogens is 820 g/mol. The van der Waals surface area contributed by atoms with Gasteiger partial charge in [0.15, 0.2) is 10.3 Å². The lowest BCUT2D eigenvalue weighted by atomic mass is 10.1. The number of thiazole rings is 2. The van der Waals surface area contributed by atoms with E-state index in [1.165, 1.54) is 28.9 Å². The Morgan fingerprint density at radius 1 is 0.707 bits per heavy atom. The van der Waals surface area contributed by atoms with Crippen LogP contribution in [-0.4, -0.2) is 86.0 Å². The van der Waals surface area contributed by atoms with E-state index in [9.17, 15) is 9.59 Å². The predicted octanol–water partition coefficient (Wildman–Crippen LogP) is 8.45. The average molecular weight is 862 g/mol. The molecule has 0 atom stereocenters. The fourth-order valence-corrected chi connectivity index (χ4v) is 7.66. The van der Waals surface area contributed by atoms with E-state index in [1.54, 1.807) is 25.3 Å². The first-order valence-corrected chi connectivity index (χ1v) is 20.6. The second kappa shape index (κ2) is 19.9. The van der Waals surface area contributed by atoms with E-state index in [0.29, 0.717) is 59.2 Å². The normalized spacial score (nSPS) is 12.6. The van der Waals surface area contributed by atoms with Crippen LogP contribution in [-0.2, 0) is 4.74 Å². The Hall–Kier alpha value is -5.30. The third-order valence-corrected chi connectivity index (χ3v) is 10.9. The number of carbonyl (C=O) groups excluding carboxylic acids is 2.